The molecule has 3 aliphatic rings. The summed E-state index contributed by atoms with van der Waals surface area (Å²) in [5.41, 5.74) is 0.726. The average Bonchev–Trinajstić information content (AvgIpc) is 3.34. The number of hydrogen-bond acceptors (Lipinski definition) is 4. The molecule has 142 valence electrons. The highest BCUT2D eigenvalue weighted by molar-refractivity contribution is 9.10. The molecule has 0 bridgehead atoms. The van der Waals surface area contributed by atoms with Crippen molar-refractivity contribution in [2.75, 3.05) is 33.4 Å². The van der Waals surface area contributed by atoms with Crippen LogP contribution in [-0.4, -0.2) is 66.9 Å². The van der Waals surface area contributed by atoms with Gasteiger partial charge in [0.05, 0.1) is 25.3 Å². The summed E-state index contributed by atoms with van der Waals surface area (Å²) in [7, 11) is 1.94. The summed E-state index contributed by atoms with van der Waals surface area (Å²) < 4.78 is 13.3. The maximum Gasteiger partial charge on any atom is 0.253 e. The van der Waals surface area contributed by atoms with Crippen LogP contribution in [-0.2, 0) is 9.47 Å². The SMILES string of the molecule is CN(C(=O)c1ccc(Br)cc1)[C@@H]1CCCC2(OCCO2)[C@H]1N1CCCC1. The van der Waals surface area contributed by atoms with E-state index < -0.39 is 5.79 Å². The van der Waals surface area contributed by atoms with E-state index in [1.54, 1.807) is 0 Å². The predicted octanol–water partition coefficient (Wildman–Crippen LogP) is 3.28. The molecule has 1 saturated carbocycles. The second-order valence-corrected chi connectivity index (χ2v) is 8.49. The fraction of sp³-hybridized carbons (Fsp3) is 0.650. The van der Waals surface area contributed by atoms with E-state index in [0.717, 1.165) is 42.4 Å². The molecule has 0 N–H and O–H groups in total. The molecular formula is C20H27BrN2O3. The lowest BCUT2D eigenvalue weighted by Crippen LogP contribution is -2.65. The van der Waals surface area contributed by atoms with Crippen molar-refractivity contribution in [2.45, 2.75) is 50.0 Å². The van der Waals surface area contributed by atoms with Crippen LogP contribution in [0.3, 0.4) is 0 Å². The Labute approximate surface area is 163 Å². The van der Waals surface area contributed by atoms with Crippen LogP contribution in [0.1, 0.15) is 42.5 Å². The first kappa shape index (κ1) is 18.4. The van der Waals surface area contributed by atoms with E-state index in [1.165, 1.54) is 12.8 Å². The average molecular weight is 423 g/mol. The second kappa shape index (κ2) is 7.58. The summed E-state index contributed by atoms with van der Waals surface area (Å²) in [4.78, 5) is 17.6. The summed E-state index contributed by atoms with van der Waals surface area (Å²) in [5, 5.41) is 0. The van der Waals surface area contributed by atoms with Crippen molar-refractivity contribution in [3.8, 4) is 0 Å². The number of carbonyl (C=O) groups is 1. The van der Waals surface area contributed by atoms with Crippen LogP contribution in [0.2, 0.25) is 0 Å². The third kappa shape index (κ3) is 3.33. The molecule has 0 unspecified atom stereocenters. The van der Waals surface area contributed by atoms with Crippen molar-refractivity contribution in [3.05, 3.63) is 34.3 Å². The van der Waals surface area contributed by atoms with Gasteiger partial charge in [-0.1, -0.05) is 15.9 Å². The van der Waals surface area contributed by atoms with Crippen LogP contribution in [0, 0.1) is 0 Å². The van der Waals surface area contributed by atoms with Gasteiger partial charge in [0.25, 0.3) is 5.91 Å². The fourth-order valence-corrected chi connectivity index (χ4v) is 5.10. The van der Waals surface area contributed by atoms with Gasteiger partial charge in [-0.2, -0.15) is 0 Å². The Kier molecular flexibility index (Phi) is 5.37. The first-order valence-corrected chi connectivity index (χ1v) is 10.4. The predicted molar refractivity (Wildman–Crippen MR) is 103 cm³/mol. The van der Waals surface area contributed by atoms with Gasteiger partial charge in [-0.15, -0.1) is 0 Å². The fourth-order valence-electron chi connectivity index (χ4n) is 4.84. The topological polar surface area (TPSA) is 42.0 Å². The highest BCUT2D eigenvalue weighted by atomic mass is 79.9. The van der Waals surface area contributed by atoms with Crippen molar-refractivity contribution in [1.29, 1.82) is 0 Å². The van der Waals surface area contributed by atoms with Crippen molar-refractivity contribution in [2.24, 2.45) is 0 Å². The Morgan fingerprint density at radius 3 is 2.46 bits per heavy atom. The van der Waals surface area contributed by atoms with Gasteiger partial charge in [-0.3, -0.25) is 9.69 Å². The number of likely N-dealkylation sites (N-methyl/N-ethyl adjacent to an activating group) is 1. The van der Waals surface area contributed by atoms with E-state index in [9.17, 15) is 4.79 Å². The smallest absolute Gasteiger partial charge is 0.253 e. The molecule has 2 heterocycles. The summed E-state index contributed by atoms with van der Waals surface area (Å²) in [6, 6.07) is 7.83. The molecule has 1 amide bonds. The van der Waals surface area contributed by atoms with Crippen LogP contribution in [0.15, 0.2) is 28.7 Å². The molecule has 1 aromatic carbocycles. The van der Waals surface area contributed by atoms with Crippen molar-refractivity contribution in [1.82, 2.24) is 9.80 Å². The molecule has 26 heavy (non-hydrogen) atoms. The summed E-state index contributed by atoms with van der Waals surface area (Å²) in [6.45, 7) is 3.44. The number of rotatable bonds is 3. The minimum atomic E-state index is -0.540. The molecule has 1 aliphatic carbocycles. The number of carbonyl (C=O) groups excluding carboxylic acids is 1. The maximum atomic E-state index is 13.1. The molecule has 0 aromatic heterocycles. The van der Waals surface area contributed by atoms with Gasteiger partial charge in [-0.25, -0.2) is 0 Å². The normalized spacial score (nSPS) is 28.5. The molecule has 5 nitrogen and oxygen atoms in total. The molecule has 0 radical (unpaired) electrons. The van der Waals surface area contributed by atoms with Crippen LogP contribution in [0.25, 0.3) is 0 Å². The van der Waals surface area contributed by atoms with Gasteiger partial charge in [0.15, 0.2) is 5.79 Å². The zero-order valence-corrected chi connectivity index (χ0v) is 16.9. The number of amides is 1. The van der Waals surface area contributed by atoms with Gasteiger partial charge >= 0.3 is 0 Å². The van der Waals surface area contributed by atoms with Gasteiger partial charge in [-0.05, 0) is 63.0 Å². The lowest BCUT2D eigenvalue weighted by Gasteiger charge is -2.50. The molecule has 1 spiro atoms. The number of ether oxygens (including phenoxy) is 2. The zero-order chi connectivity index (χ0) is 18.1. The Hall–Kier alpha value is -0.950. The summed E-state index contributed by atoms with van der Waals surface area (Å²) >= 11 is 3.44. The van der Waals surface area contributed by atoms with E-state index in [2.05, 4.69) is 20.8 Å². The first-order chi connectivity index (χ1) is 12.6. The standard InChI is InChI=1S/C20H27BrN2O3/c1-22(19(24)15-6-8-16(21)9-7-15)17-5-4-10-20(25-13-14-26-20)18(17)23-11-2-3-12-23/h6-9,17-18H,2-5,10-14H2,1H3/t17-,18+/m1/s1. The number of benzene rings is 1. The van der Waals surface area contributed by atoms with Gasteiger partial charge in [0.1, 0.15) is 0 Å². The minimum Gasteiger partial charge on any atom is -0.346 e. The third-order valence-corrected chi connectivity index (χ3v) is 6.59. The second-order valence-electron chi connectivity index (χ2n) is 7.58. The third-order valence-electron chi connectivity index (χ3n) is 6.06. The van der Waals surface area contributed by atoms with E-state index in [-0.39, 0.29) is 18.0 Å². The van der Waals surface area contributed by atoms with E-state index in [0.29, 0.717) is 13.2 Å². The van der Waals surface area contributed by atoms with Crippen molar-refractivity contribution < 1.29 is 14.3 Å². The van der Waals surface area contributed by atoms with E-state index in [4.69, 9.17) is 9.47 Å². The molecule has 2 atom stereocenters. The largest absolute Gasteiger partial charge is 0.346 e. The highest BCUT2D eigenvalue weighted by Gasteiger charge is 2.54. The Bertz CT molecular complexity index is 639. The zero-order valence-electron chi connectivity index (χ0n) is 15.3. The van der Waals surface area contributed by atoms with Gasteiger partial charge in [0, 0.05) is 23.5 Å². The Balaban J connectivity index is 1.61. The molecule has 2 aliphatic heterocycles. The lowest BCUT2D eigenvalue weighted by atomic mass is 9.82. The summed E-state index contributed by atoms with van der Waals surface area (Å²) in [6.07, 6.45) is 5.36. The summed E-state index contributed by atoms with van der Waals surface area (Å²) in [5.74, 6) is -0.469. The Morgan fingerprint density at radius 1 is 1.15 bits per heavy atom. The molecule has 4 rings (SSSR count). The van der Waals surface area contributed by atoms with Crippen LogP contribution in [0.5, 0.6) is 0 Å². The number of nitrogens with zero attached hydrogens (tertiary/aromatic N) is 2. The van der Waals surface area contributed by atoms with Crippen molar-refractivity contribution >= 4 is 21.8 Å². The molecule has 3 fully saturated rings. The minimum absolute atomic E-state index is 0.0711. The Morgan fingerprint density at radius 2 is 1.81 bits per heavy atom. The number of likely N-dealkylation sites (tertiary alicyclic amines) is 1. The maximum absolute atomic E-state index is 13.1. The van der Waals surface area contributed by atoms with E-state index in [1.807, 2.05) is 36.2 Å². The number of halogens is 1. The van der Waals surface area contributed by atoms with Crippen molar-refractivity contribution in [3.63, 3.8) is 0 Å². The first-order valence-electron chi connectivity index (χ1n) is 9.65. The van der Waals surface area contributed by atoms with Crippen LogP contribution >= 0.6 is 15.9 Å². The molecule has 1 aromatic rings. The van der Waals surface area contributed by atoms with Gasteiger partial charge in [0.2, 0.25) is 0 Å². The number of hydrogen-bond donors (Lipinski definition) is 0. The lowest BCUT2D eigenvalue weighted by molar-refractivity contribution is -0.228. The monoisotopic (exact) mass is 422 g/mol. The van der Waals surface area contributed by atoms with E-state index >= 15 is 0 Å². The van der Waals surface area contributed by atoms with Gasteiger partial charge < -0.3 is 14.4 Å². The van der Waals surface area contributed by atoms with Crippen LogP contribution in [0.4, 0.5) is 0 Å². The molecule has 6 heteroatoms. The highest BCUT2D eigenvalue weighted by Crippen LogP contribution is 2.41. The quantitative estimate of drug-likeness (QED) is 0.749. The molecule has 2 saturated heterocycles. The van der Waals surface area contributed by atoms with Crippen LogP contribution < -0.4 is 0 Å². The molecular weight excluding hydrogens is 396 g/mol.